The highest BCUT2D eigenvalue weighted by Crippen LogP contribution is 2.60. The van der Waals surface area contributed by atoms with E-state index < -0.39 is 0 Å². The van der Waals surface area contributed by atoms with Crippen LogP contribution in [0.4, 0.5) is 0 Å². The van der Waals surface area contributed by atoms with Crippen LogP contribution in [-0.4, -0.2) is 12.9 Å². The van der Waals surface area contributed by atoms with Crippen molar-refractivity contribution in [2.75, 3.05) is 7.11 Å². The van der Waals surface area contributed by atoms with E-state index in [-0.39, 0.29) is 5.41 Å². The third-order valence-electron chi connectivity index (χ3n) is 6.43. The molecule has 4 aliphatic rings. The minimum Gasteiger partial charge on any atom is -0.497 e. The van der Waals surface area contributed by atoms with E-state index >= 15 is 0 Å². The third-order valence-corrected chi connectivity index (χ3v) is 6.43. The monoisotopic (exact) mass is 298 g/mol. The Morgan fingerprint density at radius 1 is 1.05 bits per heavy atom. The Labute approximate surface area is 133 Å². The molecule has 0 spiro atoms. The van der Waals surface area contributed by atoms with Gasteiger partial charge in [0, 0.05) is 11.8 Å². The molecule has 0 atom stereocenters. The highest BCUT2D eigenvalue weighted by atomic mass is 16.5. The van der Waals surface area contributed by atoms with Gasteiger partial charge < -0.3 is 4.74 Å². The first kappa shape index (κ1) is 14.3. The van der Waals surface area contributed by atoms with Gasteiger partial charge in [0.1, 0.15) is 11.5 Å². The van der Waals surface area contributed by atoms with Crippen molar-refractivity contribution >= 4 is 5.78 Å². The predicted molar refractivity (Wildman–Crippen MR) is 86.9 cm³/mol. The van der Waals surface area contributed by atoms with Gasteiger partial charge in [-0.2, -0.15) is 0 Å². The third kappa shape index (κ3) is 2.47. The molecule has 0 aromatic heterocycles. The van der Waals surface area contributed by atoms with Crippen molar-refractivity contribution in [3.8, 4) is 5.75 Å². The minimum absolute atomic E-state index is 0.0707. The molecule has 0 unspecified atom stereocenters. The molecule has 0 heterocycles. The molecule has 0 amide bonds. The Kier molecular flexibility index (Phi) is 3.51. The Morgan fingerprint density at radius 3 is 2.09 bits per heavy atom. The standard InChI is InChI=1S/C20H26O2/c1-22-18-5-2-14(3-6-18)4-7-19(21)20-11-15-8-16(12-20)10-17(9-15)13-20/h2-3,5-6,15-17H,4,7-13H2,1H3. The van der Waals surface area contributed by atoms with Crippen LogP contribution in [0.15, 0.2) is 24.3 Å². The highest BCUT2D eigenvalue weighted by Gasteiger charge is 2.53. The lowest BCUT2D eigenvalue weighted by Crippen LogP contribution is -2.50. The number of benzene rings is 1. The zero-order valence-corrected chi connectivity index (χ0v) is 13.5. The van der Waals surface area contributed by atoms with Crippen LogP contribution in [-0.2, 0) is 11.2 Å². The molecule has 1 aromatic carbocycles. The van der Waals surface area contributed by atoms with Crippen molar-refractivity contribution in [3.05, 3.63) is 29.8 Å². The molecule has 0 saturated heterocycles. The summed E-state index contributed by atoms with van der Waals surface area (Å²) in [7, 11) is 1.69. The fourth-order valence-corrected chi connectivity index (χ4v) is 5.77. The summed E-state index contributed by atoms with van der Waals surface area (Å²) >= 11 is 0. The first-order chi connectivity index (χ1) is 10.7. The summed E-state index contributed by atoms with van der Waals surface area (Å²) in [5.41, 5.74) is 1.32. The average molecular weight is 298 g/mol. The molecular formula is C20H26O2. The van der Waals surface area contributed by atoms with Gasteiger partial charge >= 0.3 is 0 Å². The largest absolute Gasteiger partial charge is 0.497 e. The van der Waals surface area contributed by atoms with E-state index in [1.54, 1.807) is 7.11 Å². The number of rotatable bonds is 5. The molecule has 4 fully saturated rings. The molecule has 0 N–H and O–H groups in total. The van der Waals surface area contributed by atoms with Crippen LogP contribution in [0.2, 0.25) is 0 Å². The quantitative estimate of drug-likeness (QED) is 0.804. The second kappa shape index (κ2) is 5.40. The van der Waals surface area contributed by atoms with Gasteiger partial charge in [-0.3, -0.25) is 4.79 Å². The van der Waals surface area contributed by atoms with Gasteiger partial charge in [0.05, 0.1) is 7.11 Å². The smallest absolute Gasteiger partial charge is 0.139 e. The molecule has 2 heteroatoms. The van der Waals surface area contributed by atoms with E-state index in [2.05, 4.69) is 12.1 Å². The predicted octanol–water partition coefficient (Wildman–Crippen LogP) is 4.41. The highest BCUT2D eigenvalue weighted by molar-refractivity contribution is 5.85. The number of hydrogen-bond donors (Lipinski definition) is 0. The minimum atomic E-state index is 0.0707. The number of aryl methyl sites for hydroxylation is 1. The maximum absolute atomic E-state index is 13.0. The lowest BCUT2D eigenvalue weighted by molar-refractivity contribution is -0.143. The van der Waals surface area contributed by atoms with Crippen LogP contribution in [0, 0.1) is 23.2 Å². The summed E-state index contributed by atoms with van der Waals surface area (Å²) in [6, 6.07) is 8.16. The zero-order valence-electron chi connectivity index (χ0n) is 13.5. The van der Waals surface area contributed by atoms with Crippen molar-refractivity contribution in [1.82, 2.24) is 0 Å². The van der Waals surface area contributed by atoms with Crippen LogP contribution < -0.4 is 4.74 Å². The van der Waals surface area contributed by atoms with E-state index in [0.717, 1.165) is 36.3 Å². The van der Waals surface area contributed by atoms with Crippen LogP contribution in [0.1, 0.15) is 50.5 Å². The number of ketones is 1. The molecule has 0 aliphatic heterocycles. The molecule has 2 nitrogen and oxygen atoms in total. The SMILES string of the molecule is COc1ccc(CCC(=O)C23CC4CC(CC(C4)C2)C3)cc1. The summed E-state index contributed by atoms with van der Waals surface area (Å²) in [6.45, 7) is 0. The van der Waals surface area contributed by atoms with Crippen LogP contribution >= 0.6 is 0 Å². The van der Waals surface area contributed by atoms with Crippen LogP contribution in [0.25, 0.3) is 0 Å². The number of Topliss-reactive ketones (excluding diaryl/α,β-unsaturated/α-hetero) is 1. The maximum atomic E-state index is 13.0. The van der Waals surface area contributed by atoms with E-state index in [1.807, 2.05) is 12.1 Å². The van der Waals surface area contributed by atoms with E-state index in [0.29, 0.717) is 5.78 Å². The zero-order chi connectivity index (χ0) is 15.2. The molecule has 4 saturated carbocycles. The number of ether oxygens (including phenoxy) is 1. The Balaban J connectivity index is 1.41. The van der Waals surface area contributed by atoms with Gasteiger partial charge in [0.2, 0.25) is 0 Å². The van der Waals surface area contributed by atoms with Gasteiger partial charge in [0.15, 0.2) is 0 Å². The van der Waals surface area contributed by atoms with Gasteiger partial charge in [0.25, 0.3) is 0 Å². The summed E-state index contributed by atoms with van der Waals surface area (Å²) in [5.74, 6) is 4.02. The van der Waals surface area contributed by atoms with E-state index in [9.17, 15) is 4.79 Å². The lowest BCUT2D eigenvalue weighted by atomic mass is 9.48. The number of carbonyl (C=O) groups excluding carboxylic acids is 1. The first-order valence-electron chi connectivity index (χ1n) is 8.83. The number of carbonyl (C=O) groups is 1. The second-order valence-electron chi connectivity index (χ2n) is 7.97. The fraction of sp³-hybridized carbons (Fsp3) is 0.650. The lowest BCUT2D eigenvalue weighted by Gasteiger charge is -2.56. The summed E-state index contributed by atoms with van der Waals surface area (Å²) in [4.78, 5) is 13.0. The van der Waals surface area contributed by atoms with Crippen molar-refractivity contribution < 1.29 is 9.53 Å². The van der Waals surface area contributed by atoms with Crippen molar-refractivity contribution in [1.29, 1.82) is 0 Å². The molecule has 4 aliphatic carbocycles. The van der Waals surface area contributed by atoms with Crippen molar-refractivity contribution in [2.45, 2.75) is 51.4 Å². The fourth-order valence-electron chi connectivity index (χ4n) is 5.77. The first-order valence-corrected chi connectivity index (χ1v) is 8.83. The Bertz CT molecular complexity index is 522. The Hall–Kier alpha value is -1.31. The molecule has 0 radical (unpaired) electrons. The van der Waals surface area contributed by atoms with Crippen LogP contribution in [0.5, 0.6) is 5.75 Å². The molecule has 22 heavy (non-hydrogen) atoms. The Morgan fingerprint density at radius 2 is 1.59 bits per heavy atom. The molecule has 118 valence electrons. The topological polar surface area (TPSA) is 26.3 Å². The molecule has 5 rings (SSSR count). The van der Waals surface area contributed by atoms with E-state index in [1.165, 1.54) is 44.1 Å². The molecule has 1 aromatic rings. The number of hydrogen-bond acceptors (Lipinski definition) is 2. The van der Waals surface area contributed by atoms with Crippen molar-refractivity contribution in [2.24, 2.45) is 23.2 Å². The van der Waals surface area contributed by atoms with Gasteiger partial charge in [-0.05, 0) is 80.4 Å². The normalized spacial score (nSPS) is 35.6. The molecular weight excluding hydrogens is 272 g/mol. The van der Waals surface area contributed by atoms with Gasteiger partial charge in [-0.25, -0.2) is 0 Å². The maximum Gasteiger partial charge on any atom is 0.139 e. The summed E-state index contributed by atoms with van der Waals surface area (Å²) in [6.07, 6.45) is 9.41. The van der Waals surface area contributed by atoms with Gasteiger partial charge in [-0.1, -0.05) is 12.1 Å². The van der Waals surface area contributed by atoms with Crippen molar-refractivity contribution in [3.63, 3.8) is 0 Å². The number of methoxy groups -OCH3 is 1. The summed E-state index contributed by atoms with van der Waals surface area (Å²) < 4.78 is 5.19. The molecule has 4 bridgehead atoms. The average Bonchev–Trinajstić information content (AvgIpc) is 2.51. The van der Waals surface area contributed by atoms with E-state index in [4.69, 9.17) is 4.74 Å². The summed E-state index contributed by atoms with van der Waals surface area (Å²) in [5, 5.41) is 0. The second-order valence-corrected chi connectivity index (χ2v) is 7.97. The van der Waals surface area contributed by atoms with Gasteiger partial charge in [-0.15, -0.1) is 0 Å². The van der Waals surface area contributed by atoms with Crippen LogP contribution in [0.3, 0.4) is 0 Å².